The van der Waals surface area contributed by atoms with Crippen molar-refractivity contribution < 1.29 is 13.2 Å². The number of sulfonamides is 1. The molecule has 0 spiro atoms. The van der Waals surface area contributed by atoms with Crippen LogP contribution in [-0.2, 0) is 10.0 Å². The van der Waals surface area contributed by atoms with Crippen LogP contribution >= 0.6 is 0 Å². The van der Waals surface area contributed by atoms with Crippen LogP contribution in [0.3, 0.4) is 0 Å². The number of Topliss-reactive ketones (excluding diaryl/α,β-unsaturated/α-hetero) is 1. The lowest BCUT2D eigenvalue weighted by Crippen LogP contribution is -2.50. The summed E-state index contributed by atoms with van der Waals surface area (Å²) in [5.74, 6) is 0.245. The third kappa shape index (κ3) is 3.90. The molecule has 136 valence electrons. The second-order valence-corrected chi connectivity index (χ2v) is 9.01. The molecule has 0 bridgehead atoms. The monoisotopic (exact) mass is 355 g/mol. The molecule has 2 rings (SSSR count). The van der Waals surface area contributed by atoms with Crippen LogP contribution in [0.4, 0.5) is 0 Å². The van der Waals surface area contributed by atoms with Crippen molar-refractivity contribution in [2.75, 3.05) is 38.5 Å². The van der Waals surface area contributed by atoms with Gasteiger partial charge in [-0.1, -0.05) is 0 Å². The Morgan fingerprint density at radius 2 is 1.75 bits per heavy atom. The topological polar surface area (TPSA) is 62.6 Å². The van der Waals surface area contributed by atoms with Crippen LogP contribution < -0.4 is 0 Å². The molecule has 0 amide bonds. The SMILES string of the molecule is CCS(=O)(=O)N1CCN(CC(=O)c2cc(C)n(C(C)C)c2C)CC1. The van der Waals surface area contributed by atoms with Crippen LogP contribution in [0.5, 0.6) is 0 Å². The fraction of sp³-hybridized carbons (Fsp3) is 0.706. The Labute approximate surface area is 145 Å². The normalized spacial score (nSPS) is 17.6. The molecule has 1 aromatic rings. The van der Waals surface area contributed by atoms with Gasteiger partial charge in [0.25, 0.3) is 0 Å². The number of aryl methyl sites for hydroxylation is 1. The number of nitrogens with zero attached hydrogens (tertiary/aromatic N) is 3. The van der Waals surface area contributed by atoms with Gasteiger partial charge in [-0.05, 0) is 40.7 Å². The molecule has 0 atom stereocenters. The Balaban J connectivity index is 2.01. The molecule has 1 saturated heterocycles. The predicted molar refractivity (Wildman–Crippen MR) is 96.1 cm³/mol. The number of hydrogen-bond acceptors (Lipinski definition) is 4. The minimum atomic E-state index is -3.13. The quantitative estimate of drug-likeness (QED) is 0.731. The van der Waals surface area contributed by atoms with Gasteiger partial charge in [-0.3, -0.25) is 9.69 Å². The molecule has 0 unspecified atom stereocenters. The molecule has 0 saturated carbocycles. The highest BCUT2D eigenvalue weighted by Crippen LogP contribution is 2.21. The first-order valence-corrected chi connectivity index (χ1v) is 10.2. The molecule has 0 radical (unpaired) electrons. The number of ketones is 1. The first-order valence-electron chi connectivity index (χ1n) is 8.59. The first-order chi connectivity index (χ1) is 11.2. The lowest BCUT2D eigenvalue weighted by Gasteiger charge is -2.33. The summed E-state index contributed by atoms with van der Waals surface area (Å²) in [6.45, 7) is 12.4. The molecule has 6 nitrogen and oxygen atoms in total. The van der Waals surface area contributed by atoms with Crippen LogP contribution in [0.25, 0.3) is 0 Å². The van der Waals surface area contributed by atoms with E-state index in [1.165, 1.54) is 4.31 Å². The summed E-state index contributed by atoms with van der Waals surface area (Å²) in [7, 11) is -3.13. The van der Waals surface area contributed by atoms with E-state index >= 15 is 0 Å². The van der Waals surface area contributed by atoms with E-state index in [0.717, 1.165) is 17.0 Å². The molecule has 7 heteroatoms. The highest BCUT2D eigenvalue weighted by atomic mass is 32.2. The third-order valence-electron chi connectivity index (χ3n) is 4.76. The molecule has 1 aromatic heterocycles. The Kier molecular flexibility index (Phi) is 5.88. The molecule has 1 aliphatic heterocycles. The van der Waals surface area contributed by atoms with Crippen LogP contribution in [-0.4, -0.2) is 66.4 Å². The fourth-order valence-electron chi connectivity index (χ4n) is 3.49. The maximum absolute atomic E-state index is 12.7. The zero-order valence-electron chi connectivity index (χ0n) is 15.4. The summed E-state index contributed by atoms with van der Waals surface area (Å²) in [6.07, 6.45) is 0. The number of carbonyl (C=O) groups is 1. The average Bonchev–Trinajstić information content (AvgIpc) is 2.82. The molecular weight excluding hydrogens is 326 g/mol. The third-order valence-corrected chi connectivity index (χ3v) is 6.64. The molecule has 2 heterocycles. The maximum Gasteiger partial charge on any atom is 0.213 e. The second kappa shape index (κ2) is 7.37. The van der Waals surface area contributed by atoms with Gasteiger partial charge in [0.05, 0.1) is 12.3 Å². The van der Waals surface area contributed by atoms with Crippen LogP contribution in [0.2, 0.25) is 0 Å². The van der Waals surface area contributed by atoms with Gasteiger partial charge in [0.1, 0.15) is 0 Å². The molecule has 1 fully saturated rings. The van der Waals surface area contributed by atoms with Crippen molar-refractivity contribution in [3.8, 4) is 0 Å². The Morgan fingerprint density at radius 1 is 1.17 bits per heavy atom. The lowest BCUT2D eigenvalue weighted by molar-refractivity contribution is 0.0901. The van der Waals surface area contributed by atoms with E-state index in [2.05, 4.69) is 18.4 Å². The van der Waals surface area contributed by atoms with Crippen molar-refractivity contribution in [3.63, 3.8) is 0 Å². The summed E-state index contributed by atoms with van der Waals surface area (Å²) >= 11 is 0. The van der Waals surface area contributed by atoms with E-state index in [0.29, 0.717) is 38.8 Å². The minimum Gasteiger partial charge on any atom is -0.346 e. The summed E-state index contributed by atoms with van der Waals surface area (Å²) in [4.78, 5) is 14.7. The maximum atomic E-state index is 12.7. The largest absolute Gasteiger partial charge is 0.346 e. The van der Waals surface area contributed by atoms with Gasteiger partial charge in [0.15, 0.2) is 5.78 Å². The average molecular weight is 356 g/mol. The van der Waals surface area contributed by atoms with Gasteiger partial charge < -0.3 is 4.57 Å². The van der Waals surface area contributed by atoms with Crippen molar-refractivity contribution in [3.05, 3.63) is 23.0 Å². The summed E-state index contributed by atoms with van der Waals surface area (Å²) in [5.41, 5.74) is 2.90. The van der Waals surface area contributed by atoms with E-state index < -0.39 is 10.0 Å². The standard InChI is InChI=1S/C17H29N3O3S/c1-6-24(22,23)19-9-7-18(8-10-19)12-17(21)16-11-14(4)20(13(2)3)15(16)5/h11,13H,6-10,12H2,1-5H3. The Hall–Kier alpha value is -1.18. The second-order valence-electron chi connectivity index (χ2n) is 6.75. The van der Waals surface area contributed by atoms with E-state index in [1.54, 1.807) is 6.92 Å². The number of hydrogen-bond donors (Lipinski definition) is 0. The van der Waals surface area contributed by atoms with Gasteiger partial charge in [0.2, 0.25) is 10.0 Å². The van der Waals surface area contributed by atoms with E-state index in [4.69, 9.17) is 0 Å². The number of aromatic nitrogens is 1. The molecular formula is C17H29N3O3S. The van der Waals surface area contributed by atoms with Gasteiger partial charge >= 0.3 is 0 Å². The molecule has 0 N–H and O–H groups in total. The Morgan fingerprint density at radius 3 is 2.21 bits per heavy atom. The van der Waals surface area contributed by atoms with Gasteiger partial charge in [-0.15, -0.1) is 0 Å². The van der Waals surface area contributed by atoms with Gasteiger partial charge in [0, 0.05) is 49.2 Å². The van der Waals surface area contributed by atoms with E-state index in [9.17, 15) is 13.2 Å². The van der Waals surface area contributed by atoms with Crippen molar-refractivity contribution in [1.29, 1.82) is 0 Å². The number of rotatable bonds is 6. The number of carbonyl (C=O) groups excluding carboxylic acids is 1. The first kappa shape index (κ1) is 19.1. The molecule has 24 heavy (non-hydrogen) atoms. The molecule has 0 aliphatic carbocycles. The highest BCUT2D eigenvalue weighted by molar-refractivity contribution is 7.89. The molecule has 0 aromatic carbocycles. The minimum absolute atomic E-state index is 0.113. The van der Waals surface area contributed by atoms with Gasteiger partial charge in [-0.2, -0.15) is 4.31 Å². The summed E-state index contributed by atoms with van der Waals surface area (Å²) in [6, 6.07) is 2.30. The van der Waals surface area contributed by atoms with Crippen molar-refractivity contribution in [1.82, 2.24) is 13.8 Å². The Bertz CT molecular complexity index is 699. The van der Waals surface area contributed by atoms with Gasteiger partial charge in [-0.25, -0.2) is 8.42 Å². The van der Waals surface area contributed by atoms with Crippen molar-refractivity contribution in [2.45, 2.75) is 40.7 Å². The predicted octanol–water partition coefficient (Wildman–Crippen LogP) is 1.84. The van der Waals surface area contributed by atoms with E-state index in [-0.39, 0.29) is 11.5 Å². The van der Waals surface area contributed by atoms with Crippen LogP contribution in [0.15, 0.2) is 6.07 Å². The fourth-order valence-corrected chi connectivity index (χ4v) is 4.58. The number of piperazine rings is 1. The van der Waals surface area contributed by atoms with Crippen molar-refractivity contribution in [2.24, 2.45) is 0 Å². The lowest BCUT2D eigenvalue weighted by atomic mass is 10.1. The molecule has 1 aliphatic rings. The van der Waals surface area contributed by atoms with Crippen LogP contribution in [0.1, 0.15) is 48.6 Å². The summed E-state index contributed by atoms with van der Waals surface area (Å²) in [5, 5.41) is 0. The van der Waals surface area contributed by atoms with E-state index in [1.807, 2.05) is 24.8 Å². The summed E-state index contributed by atoms with van der Waals surface area (Å²) < 4.78 is 27.5. The zero-order valence-corrected chi connectivity index (χ0v) is 16.2. The zero-order chi connectivity index (χ0) is 18.1. The van der Waals surface area contributed by atoms with Crippen molar-refractivity contribution >= 4 is 15.8 Å². The smallest absolute Gasteiger partial charge is 0.213 e. The van der Waals surface area contributed by atoms with Crippen LogP contribution in [0, 0.1) is 13.8 Å². The highest BCUT2D eigenvalue weighted by Gasteiger charge is 2.27.